The first-order valence-electron chi connectivity index (χ1n) is 14.0. The molecule has 1 unspecified atom stereocenters. The summed E-state index contributed by atoms with van der Waals surface area (Å²) in [4.78, 5) is 12.2. The van der Waals surface area contributed by atoms with Crippen LogP contribution in [0.15, 0.2) is 42.5 Å². The Morgan fingerprint density at radius 1 is 0.941 bits per heavy atom. The van der Waals surface area contributed by atoms with Crippen LogP contribution in [0.5, 0.6) is 0 Å². The van der Waals surface area contributed by atoms with Gasteiger partial charge in [0.25, 0.3) is 0 Å². The third-order valence-corrected chi connectivity index (χ3v) is 10.1. The quantitative estimate of drug-likeness (QED) is 0.189. The van der Waals surface area contributed by atoms with Gasteiger partial charge in [-0.3, -0.25) is 4.79 Å². The number of rotatable bonds is 6. The highest BCUT2D eigenvalue weighted by Gasteiger charge is 2.56. The van der Waals surface area contributed by atoms with Gasteiger partial charge in [0.1, 0.15) is 6.11 Å². The van der Waals surface area contributed by atoms with E-state index in [1.807, 2.05) is 0 Å². The monoisotopic (exact) mass is 458 g/mol. The lowest BCUT2D eigenvalue weighted by Crippen LogP contribution is -2.47. The number of carbonyl (C=O) groups excluding carboxylic acids is 1. The molecule has 0 amide bonds. The average molecular weight is 459 g/mol. The van der Waals surface area contributed by atoms with Gasteiger partial charge in [0.2, 0.25) is 0 Å². The van der Waals surface area contributed by atoms with Gasteiger partial charge < -0.3 is 4.74 Å². The van der Waals surface area contributed by atoms with E-state index in [0.29, 0.717) is 17.8 Å². The van der Waals surface area contributed by atoms with Gasteiger partial charge >= 0.3 is 5.97 Å². The van der Waals surface area contributed by atoms with Crippen molar-refractivity contribution in [3.63, 3.8) is 0 Å². The lowest BCUT2D eigenvalue weighted by Gasteiger charge is -2.54. The summed E-state index contributed by atoms with van der Waals surface area (Å²) in [5, 5.41) is 0. The van der Waals surface area contributed by atoms with Crippen LogP contribution in [-0.4, -0.2) is 5.97 Å². The van der Waals surface area contributed by atoms with Crippen molar-refractivity contribution in [3.8, 4) is 12.0 Å². The number of unbranched alkanes of at least 4 members (excludes halogenated alkanes) is 2. The third kappa shape index (κ3) is 5.00. The molecular weight excluding hydrogens is 416 g/mol. The van der Waals surface area contributed by atoms with Crippen LogP contribution in [-0.2, 0) is 16.0 Å². The molecule has 0 heterocycles. The van der Waals surface area contributed by atoms with E-state index < -0.39 is 0 Å². The molecule has 2 heteroatoms. The lowest BCUT2D eigenvalue weighted by molar-refractivity contribution is -0.136. The van der Waals surface area contributed by atoms with Crippen LogP contribution >= 0.6 is 0 Å². The minimum absolute atomic E-state index is 0.153. The summed E-state index contributed by atoms with van der Waals surface area (Å²) in [6.07, 6.45) is 23.1. The van der Waals surface area contributed by atoms with Crippen molar-refractivity contribution in [2.75, 3.05) is 0 Å². The second kappa shape index (κ2) is 10.7. The van der Waals surface area contributed by atoms with Crippen molar-refractivity contribution in [2.24, 2.45) is 40.9 Å². The van der Waals surface area contributed by atoms with Crippen molar-refractivity contribution < 1.29 is 9.53 Å². The summed E-state index contributed by atoms with van der Waals surface area (Å²) in [5.74, 6) is 8.20. The molecule has 5 rings (SSSR count). The predicted octanol–water partition coefficient (Wildman–Crippen LogP) is 7.73. The smallest absolute Gasteiger partial charge is 0.319 e. The number of benzene rings is 1. The number of aryl methyl sites for hydroxylation is 1. The number of ether oxygens (including phenoxy) is 1. The van der Waals surface area contributed by atoms with Crippen LogP contribution in [0.1, 0.15) is 89.5 Å². The van der Waals surface area contributed by atoms with Crippen molar-refractivity contribution in [2.45, 2.75) is 90.4 Å². The summed E-state index contributed by atoms with van der Waals surface area (Å²) in [6.45, 7) is 2.50. The largest absolute Gasteiger partial charge is 0.372 e. The molecule has 0 aromatic heterocycles. The minimum atomic E-state index is -0.153. The van der Waals surface area contributed by atoms with E-state index in [0.717, 1.165) is 55.3 Å². The normalized spacial score (nSPS) is 35.9. The predicted molar refractivity (Wildman–Crippen MR) is 138 cm³/mol. The van der Waals surface area contributed by atoms with Gasteiger partial charge in [0.05, 0.1) is 0 Å². The van der Waals surface area contributed by atoms with E-state index in [4.69, 9.17) is 4.74 Å². The van der Waals surface area contributed by atoms with Crippen LogP contribution in [0.25, 0.3) is 0 Å². The Balaban J connectivity index is 1.08. The van der Waals surface area contributed by atoms with E-state index >= 15 is 0 Å². The molecule has 4 aliphatic carbocycles. The molecule has 0 bridgehead atoms. The Hall–Kier alpha value is -2.01. The van der Waals surface area contributed by atoms with Crippen molar-refractivity contribution >= 4 is 5.97 Å². The molecule has 1 aromatic rings. The first-order chi connectivity index (χ1) is 16.6. The van der Waals surface area contributed by atoms with E-state index in [-0.39, 0.29) is 5.97 Å². The molecule has 4 aliphatic rings. The molecule has 1 aromatic carbocycles. The molecule has 0 radical (unpaired) electrons. The van der Waals surface area contributed by atoms with Crippen LogP contribution in [0.4, 0.5) is 0 Å². The number of fused-ring (bicyclic) bond motifs is 5. The maximum absolute atomic E-state index is 12.2. The molecule has 0 spiro atoms. The van der Waals surface area contributed by atoms with Crippen molar-refractivity contribution in [1.82, 2.24) is 0 Å². The molecule has 182 valence electrons. The summed E-state index contributed by atoms with van der Waals surface area (Å²) < 4.78 is 5.36. The molecule has 0 saturated heterocycles. The van der Waals surface area contributed by atoms with Crippen LogP contribution in [0.2, 0.25) is 0 Å². The fourth-order valence-electron chi connectivity index (χ4n) is 8.28. The highest BCUT2D eigenvalue weighted by atomic mass is 16.5. The van der Waals surface area contributed by atoms with Crippen molar-refractivity contribution in [3.05, 3.63) is 48.0 Å². The zero-order chi connectivity index (χ0) is 23.4. The summed E-state index contributed by atoms with van der Waals surface area (Å²) in [5.41, 5.74) is 1.69. The van der Waals surface area contributed by atoms with E-state index in [1.54, 1.807) is 0 Å². The molecule has 0 N–H and O–H groups in total. The van der Waals surface area contributed by atoms with E-state index in [9.17, 15) is 4.79 Å². The fraction of sp³-hybridized carbons (Fsp3) is 0.656. The Kier molecular flexibility index (Phi) is 7.48. The third-order valence-electron chi connectivity index (χ3n) is 10.1. The number of carbonyl (C=O) groups is 1. The lowest BCUT2D eigenvalue weighted by atomic mass is 9.50. The zero-order valence-electron chi connectivity index (χ0n) is 21.0. The molecular formula is C32H42O2. The van der Waals surface area contributed by atoms with Gasteiger partial charge in [-0.15, -0.1) is 0 Å². The minimum Gasteiger partial charge on any atom is -0.372 e. The van der Waals surface area contributed by atoms with Gasteiger partial charge in [-0.25, -0.2) is 0 Å². The first-order valence-corrected chi connectivity index (χ1v) is 14.0. The van der Waals surface area contributed by atoms with Crippen LogP contribution < -0.4 is 0 Å². The number of esters is 1. The second-order valence-electron chi connectivity index (χ2n) is 11.8. The SMILES string of the molecule is C[C@]12CC[C@H]3[C@@H](CCC4CC=CC[C@@H]43)[C@@H]1CC[C@H]2C#COC(=O)CCCCCc1ccccc1. The maximum atomic E-state index is 12.2. The summed E-state index contributed by atoms with van der Waals surface area (Å²) in [7, 11) is 0. The topological polar surface area (TPSA) is 26.3 Å². The zero-order valence-corrected chi connectivity index (χ0v) is 21.0. The molecule has 0 aliphatic heterocycles. The van der Waals surface area contributed by atoms with Gasteiger partial charge in [-0.05, 0) is 111 Å². The molecule has 34 heavy (non-hydrogen) atoms. The highest BCUT2D eigenvalue weighted by Crippen LogP contribution is 2.63. The Morgan fingerprint density at radius 3 is 2.68 bits per heavy atom. The summed E-state index contributed by atoms with van der Waals surface area (Å²) in [6, 6.07) is 10.6. The van der Waals surface area contributed by atoms with E-state index in [1.165, 1.54) is 56.9 Å². The highest BCUT2D eigenvalue weighted by molar-refractivity contribution is 5.70. The second-order valence-corrected chi connectivity index (χ2v) is 11.8. The maximum Gasteiger partial charge on any atom is 0.319 e. The first kappa shape index (κ1) is 23.7. The number of allylic oxidation sites excluding steroid dienone is 2. The fourth-order valence-corrected chi connectivity index (χ4v) is 8.28. The van der Waals surface area contributed by atoms with Gasteiger partial charge in [-0.1, -0.05) is 61.7 Å². The Bertz CT molecular complexity index is 921. The molecule has 3 saturated carbocycles. The van der Waals surface area contributed by atoms with Crippen molar-refractivity contribution in [1.29, 1.82) is 0 Å². The molecule has 2 nitrogen and oxygen atoms in total. The summed E-state index contributed by atoms with van der Waals surface area (Å²) >= 11 is 0. The average Bonchev–Trinajstić information content (AvgIpc) is 3.20. The van der Waals surface area contributed by atoms with Crippen LogP contribution in [0.3, 0.4) is 0 Å². The Labute approximate surface area is 206 Å². The molecule has 7 atom stereocenters. The standard InChI is InChI=1S/C32H42O2/c1-32-22-20-28-27-14-9-8-13-25(27)16-18-29(28)30(32)19-17-26(32)21-23-34-31(33)15-7-3-6-12-24-10-4-2-5-11-24/h2,4-5,8-11,25-30H,3,6-7,12-20,22H2,1H3/t25?,26-,27-,28+,29+,30-,32+/m0/s1. The van der Waals surface area contributed by atoms with Gasteiger partial charge in [0.15, 0.2) is 0 Å². The van der Waals surface area contributed by atoms with Gasteiger partial charge in [-0.2, -0.15) is 0 Å². The number of hydrogen-bond donors (Lipinski definition) is 0. The Morgan fingerprint density at radius 2 is 1.79 bits per heavy atom. The van der Waals surface area contributed by atoms with E-state index in [2.05, 4.69) is 61.4 Å². The van der Waals surface area contributed by atoms with Crippen LogP contribution in [0, 0.1) is 52.9 Å². The number of hydrogen-bond acceptors (Lipinski definition) is 2. The van der Waals surface area contributed by atoms with Gasteiger partial charge in [0, 0.05) is 12.3 Å². The molecule has 3 fully saturated rings.